The molecule has 3 heterocycles. The smallest absolute Gasteiger partial charge is 0.256 e. The minimum atomic E-state index is -0.938. The van der Waals surface area contributed by atoms with Crippen molar-refractivity contribution in [3.63, 3.8) is 0 Å². The second-order valence-electron chi connectivity index (χ2n) is 12.0. The number of rotatable bonds is 8. The minimum absolute atomic E-state index is 0.190. The Morgan fingerprint density at radius 1 is 1.15 bits per heavy atom. The number of hydrogen-bond acceptors (Lipinski definition) is 8. The van der Waals surface area contributed by atoms with Crippen LogP contribution in [0, 0.1) is 0 Å². The van der Waals surface area contributed by atoms with Crippen LogP contribution in [0.15, 0.2) is 43.1 Å². The number of likely N-dealkylation sites (N-methyl/N-ethyl adjacent to an activating group) is 1. The number of amides is 1. The highest BCUT2D eigenvalue weighted by atomic mass is 16.3. The third kappa shape index (κ3) is 5.08. The van der Waals surface area contributed by atoms with E-state index in [9.17, 15) is 9.90 Å². The van der Waals surface area contributed by atoms with Gasteiger partial charge in [0.25, 0.3) is 5.91 Å². The number of nitrogens with zero attached hydrogens (tertiary/aromatic N) is 4. The van der Waals surface area contributed by atoms with E-state index in [-0.39, 0.29) is 11.3 Å². The van der Waals surface area contributed by atoms with Crippen LogP contribution in [0.5, 0.6) is 0 Å². The topological polar surface area (TPSA) is 115 Å². The molecule has 9 heteroatoms. The fourth-order valence-electron chi connectivity index (χ4n) is 7.01. The van der Waals surface area contributed by atoms with Gasteiger partial charge in [-0.25, -0.2) is 9.97 Å². The number of nitrogens with one attached hydrogen (secondary N) is 3. The molecule has 2 unspecified atom stereocenters. The molecule has 1 amide bonds. The van der Waals surface area contributed by atoms with E-state index in [2.05, 4.69) is 58.5 Å². The first-order chi connectivity index (χ1) is 19.7. The zero-order chi connectivity index (χ0) is 28.8. The van der Waals surface area contributed by atoms with Gasteiger partial charge in [-0.15, -0.1) is 6.58 Å². The zero-order valence-electron chi connectivity index (χ0n) is 24.2. The second-order valence-corrected chi connectivity index (χ2v) is 12.0. The number of anilines is 4. The largest absolute Gasteiger partial charge is 0.384 e. The standard InChI is InChI=1S/C32H39N7O2/c1-5-14-33-29(40)24-17-34-30(38-28(24)37-25-10-9-20-11-13-32(41,6-2)27(20)36-25)35-23-15-21-8-7-12-31(3)19-39(4)18-22(16-23)26(21)31/h5,9-10,15-17,41H,1,6-8,11-14,18-19H2,2-4H3,(H,33,40)(H2,34,35,36,37,38). The molecule has 0 radical (unpaired) electrons. The molecule has 0 spiro atoms. The molecule has 2 atom stereocenters. The zero-order valence-corrected chi connectivity index (χ0v) is 24.2. The summed E-state index contributed by atoms with van der Waals surface area (Å²) in [6.07, 6.45) is 8.65. The molecule has 1 aromatic carbocycles. The van der Waals surface area contributed by atoms with Gasteiger partial charge in [-0.1, -0.05) is 26.0 Å². The molecule has 3 aromatic rings. The number of aryl methyl sites for hydroxylation is 2. The summed E-state index contributed by atoms with van der Waals surface area (Å²) in [5.74, 6) is 0.918. The van der Waals surface area contributed by atoms with Gasteiger partial charge in [0.15, 0.2) is 0 Å². The number of fused-ring (bicyclic) bond motifs is 1. The maximum Gasteiger partial charge on any atom is 0.256 e. The molecule has 6 rings (SSSR count). The van der Waals surface area contributed by atoms with Crippen molar-refractivity contribution >= 4 is 29.2 Å². The van der Waals surface area contributed by atoms with Crippen LogP contribution in [0.2, 0.25) is 0 Å². The highest BCUT2D eigenvalue weighted by molar-refractivity contribution is 5.99. The average Bonchev–Trinajstić information content (AvgIpc) is 3.27. The maximum absolute atomic E-state index is 13.0. The number of benzene rings is 1. The van der Waals surface area contributed by atoms with Gasteiger partial charge in [-0.05, 0) is 86.0 Å². The second kappa shape index (κ2) is 10.5. The summed E-state index contributed by atoms with van der Waals surface area (Å²) in [5.41, 5.74) is 6.49. The van der Waals surface area contributed by atoms with Crippen molar-refractivity contribution in [3.05, 3.63) is 76.6 Å². The van der Waals surface area contributed by atoms with Gasteiger partial charge in [0.05, 0.1) is 5.69 Å². The Labute approximate surface area is 241 Å². The van der Waals surface area contributed by atoms with Crippen molar-refractivity contribution < 1.29 is 9.90 Å². The molecule has 4 N–H and O–H groups in total. The van der Waals surface area contributed by atoms with E-state index in [1.54, 1.807) is 6.08 Å². The Hall–Kier alpha value is -3.82. The lowest BCUT2D eigenvalue weighted by molar-refractivity contribution is 0.0307. The number of aliphatic hydroxyl groups is 1. The van der Waals surface area contributed by atoms with Gasteiger partial charge in [0.2, 0.25) is 5.95 Å². The number of carbonyl (C=O) groups excluding carboxylic acids is 1. The fraction of sp³-hybridized carbons (Fsp3) is 0.438. The fourth-order valence-corrected chi connectivity index (χ4v) is 7.01. The van der Waals surface area contributed by atoms with Crippen molar-refractivity contribution in [2.45, 2.75) is 69.9 Å². The van der Waals surface area contributed by atoms with E-state index in [1.807, 2.05) is 19.1 Å². The average molecular weight is 554 g/mol. The Bertz CT molecular complexity index is 1520. The molecule has 0 saturated heterocycles. The van der Waals surface area contributed by atoms with E-state index >= 15 is 0 Å². The summed E-state index contributed by atoms with van der Waals surface area (Å²) in [4.78, 5) is 29.4. The Kier molecular flexibility index (Phi) is 7.03. The van der Waals surface area contributed by atoms with Crippen LogP contribution in [0.25, 0.3) is 0 Å². The molecule has 214 valence electrons. The number of carbonyl (C=O) groups is 1. The van der Waals surface area contributed by atoms with E-state index in [0.717, 1.165) is 37.2 Å². The number of aromatic nitrogens is 3. The molecule has 0 bridgehead atoms. The molecule has 2 aromatic heterocycles. The van der Waals surface area contributed by atoms with Crippen LogP contribution in [-0.4, -0.2) is 51.0 Å². The Morgan fingerprint density at radius 2 is 1.98 bits per heavy atom. The predicted molar refractivity (Wildman–Crippen MR) is 161 cm³/mol. The third-order valence-electron chi connectivity index (χ3n) is 8.89. The molecule has 0 saturated carbocycles. The summed E-state index contributed by atoms with van der Waals surface area (Å²) in [5, 5.41) is 20.5. The number of hydrogen-bond donors (Lipinski definition) is 4. The highest BCUT2D eigenvalue weighted by Gasteiger charge is 2.39. The lowest BCUT2D eigenvalue weighted by atomic mass is 9.67. The molecular weight excluding hydrogens is 514 g/mol. The Morgan fingerprint density at radius 3 is 2.78 bits per heavy atom. The first-order valence-corrected chi connectivity index (χ1v) is 14.6. The monoisotopic (exact) mass is 553 g/mol. The molecule has 41 heavy (non-hydrogen) atoms. The number of pyridine rings is 1. The predicted octanol–water partition coefficient (Wildman–Crippen LogP) is 4.86. The van der Waals surface area contributed by atoms with Gasteiger partial charge >= 0.3 is 0 Å². The molecular formula is C32H39N7O2. The van der Waals surface area contributed by atoms with Gasteiger partial charge in [0.1, 0.15) is 22.8 Å². The summed E-state index contributed by atoms with van der Waals surface area (Å²) < 4.78 is 0. The van der Waals surface area contributed by atoms with Crippen molar-refractivity contribution in [2.24, 2.45) is 0 Å². The maximum atomic E-state index is 13.0. The first kappa shape index (κ1) is 27.4. The van der Waals surface area contributed by atoms with E-state index in [1.165, 1.54) is 35.7 Å². The van der Waals surface area contributed by atoms with Crippen molar-refractivity contribution in [1.82, 2.24) is 25.2 Å². The van der Waals surface area contributed by atoms with Crippen LogP contribution in [0.1, 0.15) is 77.8 Å². The quantitative estimate of drug-likeness (QED) is 0.293. The van der Waals surface area contributed by atoms with Gasteiger partial charge in [0, 0.05) is 36.9 Å². The van der Waals surface area contributed by atoms with Crippen LogP contribution in [0.4, 0.5) is 23.3 Å². The highest BCUT2D eigenvalue weighted by Crippen LogP contribution is 2.44. The van der Waals surface area contributed by atoms with Crippen molar-refractivity contribution in [1.29, 1.82) is 0 Å². The van der Waals surface area contributed by atoms with Crippen LogP contribution in [0.3, 0.4) is 0 Å². The molecule has 2 aliphatic carbocycles. The van der Waals surface area contributed by atoms with Gasteiger partial charge in [-0.3, -0.25) is 4.79 Å². The van der Waals surface area contributed by atoms with E-state index < -0.39 is 5.60 Å². The summed E-state index contributed by atoms with van der Waals surface area (Å²) in [6.45, 7) is 10.4. The lowest BCUT2D eigenvalue weighted by Crippen LogP contribution is -2.44. The summed E-state index contributed by atoms with van der Waals surface area (Å²) in [6, 6.07) is 8.30. The van der Waals surface area contributed by atoms with Gasteiger partial charge in [-0.2, -0.15) is 4.98 Å². The minimum Gasteiger partial charge on any atom is -0.384 e. The molecule has 1 aliphatic heterocycles. The van der Waals surface area contributed by atoms with Crippen LogP contribution < -0.4 is 16.0 Å². The summed E-state index contributed by atoms with van der Waals surface area (Å²) >= 11 is 0. The molecule has 9 nitrogen and oxygen atoms in total. The molecule has 3 aliphatic rings. The first-order valence-electron chi connectivity index (χ1n) is 14.6. The Balaban J connectivity index is 1.34. The lowest BCUT2D eigenvalue weighted by Gasteiger charge is -2.45. The van der Waals surface area contributed by atoms with E-state index in [4.69, 9.17) is 9.97 Å². The SMILES string of the molecule is C=CCNC(=O)c1cnc(Nc2cc3c4c(c2)CN(C)CC4(C)CCC3)nc1Nc1ccc2c(n1)C(O)(CC)CC2. The normalized spacial score (nSPS) is 22.9. The van der Waals surface area contributed by atoms with Gasteiger partial charge < -0.3 is 26.0 Å². The molecule has 0 fully saturated rings. The third-order valence-corrected chi connectivity index (χ3v) is 8.89. The van der Waals surface area contributed by atoms with Crippen LogP contribution >= 0.6 is 0 Å². The van der Waals surface area contributed by atoms with Crippen LogP contribution in [-0.2, 0) is 30.4 Å². The van der Waals surface area contributed by atoms with Crippen molar-refractivity contribution in [3.8, 4) is 0 Å². The summed E-state index contributed by atoms with van der Waals surface area (Å²) in [7, 11) is 2.19. The van der Waals surface area contributed by atoms with Crippen molar-refractivity contribution in [2.75, 3.05) is 30.8 Å². The van der Waals surface area contributed by atoms with E-state index in [0.29, 0.717) is 48.2 Å².